The Morgan fingerprint density at radius 3 is 3.08 bits per heavy atom. The van der Waals surface area contributed by atoms with Gasteiger partial charge < -0.3 is 4.57 Å². The lowest BCUT2D eigenvalue weighted by atomic mass is 10.4. The standard InChI is InChI=1S/C9H13N3S/c1-8(2)12-6-5-11-9(12)13-7-3-4-10/h5-6,8H,3,7H2,1-2H3. The van der Waals surface area contributed by atoms with Crippen LogP contribution in [0.3, 0.4) is 0 Å². The lowest BCUT2D eigenvalue weighted by Crippen LogP contribution is -2.00. The fourth-order valence-corrected chi connectivity index (χ4v) is 1.92. The van der Waals surface area contributed by atoms with Gasteiger partial charge in [-0.2, -0.15) is 5.26 Å². The van der Waals surface area contributed by atoms with Crippen LogP contribution in [0.5, 0.6) is 0 Å². The molecular weight excluding hydrogens is 182 g/mol. The molecule has 0 N–H and O–H groups in total. The van der Waals surface area contributed by atoms with E-state index in [1.165, 1.54) is 0 Å². The molecular formula is C9H13N3S. The molecule has 0 spiro atoms. The van der Waals surface area contributed by atoms with Crippen molar-refractivity contribution in [2.45, 2.75) is 31.5 Å². The van der Waals surface area contributed by atoms with Crippen molar-refractivity contribution in [1.29, 1.82) is 5.26 Å². The van der Waals surface area contributed by atoms with Crippen molar-refractivity contribution < 1.29 is 0 Å². The van der Waals surface area contributed by atoms with Crippen LogP contribution in [-0.4, -0.2) is 15.3 Å². The summed E-state index contributed by atoms with van der Waals surface area (Å²) in [4.78, 5) is 4.23. The van der Waals surface area contributed by atoms with E-state index in [0.717, 1.165) is 10.9 Å². The molecule has 0 aliphatic rings. The van der Waals surface area contributed by atoms with Gasteiger partial charge in [-0.15, -0.1) is 0 Å². The van der Waals surface area contributed by atoms with E-state index >= 15 is 0 Å². The van der Waals surface area contributed by atoms with Crippen LogP contribution in [0.1, 0.15) is 26.3 Å². The summed E-state index contributed by atoms with van der Waals surface area (Å²) in [6.45, 7) is 4.24. The summed E-state index contributed by atoms with van der Waals surface area (Å²) < 4.78 is 2.11. The molecule has 0 unspecified atom stereocenters. The number of thioether (sulfide) groups is 1. The van der Waals surface area contributed by atoms with Gasteiger partial charge in [0.2, 0.25) is 0 Å². The Bertz CT molecular complexity index is 298. The molecule has 3 nitrogen and oxygen atoms in total. The van der Waals surface area contributed by atoms with Crippen LogP contribution in [0.4, 0.5) is 0 Å². The lowest BCUT2D eigenvalue weighted by molar-refractivity contribution is 0.549. The van der Waals surface area contributed by atoms with Crippen molar-refractivity contribution in [2.24, 2.45) is 0 Å². The highest BCUT2D eigenvalue weighted by molar-refractivity contribution is 7.99. The van der Waals surface area contributed by atoms with Gasteiger partial charge in [-0.1, -0.05) is 11.8 Å². The SMILES string of the molecule is CC(C)n1ccnc1SCCC#N. The third-order valence-electron chi connectivity index (χ3n) is 1.63. The summed E-state index contributed by atoms with van der Waals surface area (Å²) in [5.74, 6) is 0.820. The number of rotatable bonds is 4. The summed E-state index contributed by atoms with van der Waals surface area (Å²) in [6.07, 6.45) is 4.35. The van der Waals surface area contributed by atoms with Crippen LogP contribution >= 0.6 is 11.8 Å². The van der Waals surface area contributed by atoms with Crippen LogP contribution in [0.15, 0.2) is 17.6 Å². The zero-order valence-corrected chi connectivity index (χ0v) is 8.71. The van der Waals surface area contributed by atoms with Crippen LogP contribution in [0.25, 0.3) is 0 Å². The third-order valence-corrected chi connectivity index (χ3v) is 2.62. The molecule has 1 heterocycles. The number of nitrogens with zero attached hydrogens (tertiary/aromatic N) is 3. The minimum atomic E-state index is 0.437. The van der Waals surface area contributed by atoms with Gasteiger partial charge in [-0.3, -0.25) is 0 Å². The van der Waals surface area contributed by atoms with Crippen LogP contribution < -0.4 is 0 Å². The van der Waals surface area contributed by atoms with Crippen LogP contribution in [-0.2, 0) is 0 Å². The second kappa shape index (κ2) is 4.93. The van der Waals surface area contributed by atoms with Crippen molar-refractivity contribution in [3.8, 4) is 6.07 Å². The van der Waals surface area contributed by atoms with Crippen molar-refractivity contribution in [3.63, 3.8) is 0 Å². The molecule has 0 saturated heterocycles. The van der Waals surface area contributed by atoms with Gasteiger partial charge in [0.1, 0.15) is 0 Å². The van der Waals surface area contributed by atoms with E-state index in [9.17, 15) is 0 Å². The zero-order valence-electron chi connectivity index (χ0n) is 7.90. The second-order valence-electron chi connectivity index (χ2n) is 2.97. The van der Waals surface area contributed by atoms with E-state index in [1.54, 1.807) is 18.0 Å². The Labute approximate surface area is 82.8 Å². The van der Waals surface area contributed by atoms with Gasteiger partial charge in [0.25, 0.3) is 0 Å². The highest BCUT2D eigenvalue weighted by Crippen LogP contribution is 2.19. The summed E-state index contributed by atoms with van der Waals surface area (Å²) in [5, 5.41) is 9.39. The molecule has 13 heavy (non-hydrogen) atoms. The van der Waals surface area contributed by atoms with Crippen molar-refractivity contribution in [3.05, 3.63) is 12.4 Å². The minimum Gasteiger partial charge on any atom is -0.324 e. The fourth-order valence-electron chi connectivity index (χ4n) is 0.992. The Kier molecular flexibility index (Phi) is 3.84. The van der Waals surface area contributed by atoms with Gasteiger partial charge in [0, 0.05) is 30.6 Å². The highest BCUT2D eigenvalue weighted by atomic mass is 32.2. The number of nitriles is 1. The molecule has 0 fully saturated rings. The molecule has 0 amide bonds. The van der Waals surface area contributed by atoms with E-state index < -0.39 is 0 Å². The first kappa shape index (κ1) is 10.1. The molecule has 4 heteroatoms. The number of hydrogen-bond donors (Lipinski definition) is 0. The van der Waals surface area contributed by atoms with Gasteiger partial charge in [-0.05, 0) is 13.8 Å². The molecule has 1 aromatic rings. The maximum Gasteiger partial charge on any atom is 0.168 e. The van der Waals surface area contributed by atoms with E-state index in [-0.39, 0.29) is 0 Å². The lowest BCUT2D eigenvalue weighted by Gasteiger charge is -2.09. The number of aromatic nitrogens is 2. The molecule has 0 aliphatic carbocycles. The Balaban J connectivity index is 2.56. The van der Waals surface area contributed by atoms with Crippen LogP contribution in [0, 0.1) is 11.3 Å². The first-order valence-electron chi connectivity index (χ1n) is 4.28. The number of hydrogen-bond acceptors (Lipinski definition) is 3. The summed E-state index contributed by atoms with van der Waals surface area (Å²) in [7, 11) is 0. The topological polar surface area (TPSA) is 41.6 Å². The third kappa shape index (κ3) is 2.78. The van der Waals surface area contributed by atoms with E-state index in [1.807, 2.05) is 6.20 Å². The van der Waals surface area contributed by atoms with E-state index in [0.29, 0.717) is 12.5 Å². The molecule has 0 radical (unpaired) electrons. The normalized spacial score (nSPS) is 10.3. The van der Waals surface area contributed by atoms with Gasteiger partial charge in [0.15, 0.2) is 5.16 Å². The molecule has 1 rings (SSSR count). The molecule has 0 aromatic carbocycles. The predicted octanol–water partition coefficient (Wildman–Crippen LogP) is 2.47. The van der Waals surface area contributed by atoms with Crippen molar-refractivity contribution in [2.75, 3.05) is 5.75 Å². The molecule has 70 valence electrons. The maximum atomic E-state index is 8.38. The smallest absolute Gasteiger partial charge is 0.168 e. The average molecular weight is 195 g/mol. The highest BCUT2D eigenvalue weighted by Gasteiger charge is 2.05. The first-order valence-corrected chi connectivity index (χ1v) is 5.27. The van der Waals surface area contributed by atoms with Gasteiger partial charge in [-0.25, -0.2) is 4.98 Å². The minimum absolute atomic E-state index is 0.437. The Hall–Kier alpha value is -0.950. The van der Waals surface area contributed by atoms with Crippen LogP contribution in [0.2, 0.25) is 0 Å². The predicted molar refractivity (Wildman–Crippen MR) is 53.6 cm³/mol. The van der Waals surface area contributed by atoms with Crippen molar-refractivity contribution in [1.82, 2.24) is 9.55 Å². The van der Waals surface area contributed by atoms with E-state index in [4.69, 9.17) is 5.26 Å². The summed E-state index contributed by atoms with van der Waals surface area (Å²) in [5.41, 5.74) is 0. The Morgan fingerprint density at radius 1 is 1.69 bits per heavy atom. The summed E-state index contributed by atoms with van der Waals surface area (Å²) >= 11 is 1.64. The Morgan fingerprint density at radius 2 is 2.46 bits per heavy atom. The monoisotopic (exact) mass is 195 g/mol. The summed E-state index contributed by atoms with van der Waals surface area (Å²) in [6, 6.07) is 2.56. The fraction of sp³-hybridized carbons (Fsp3) is 0.556. The number of imidazole rings is 1. The van der Waals surface area contributed by atoms with E-state index in [2.05, 4.69) is 29.5 Å². The molecule has 0 bridgehead atoms. The van der Waals surface area contributed by atoms with Crippen molar-refractivity contribution >= 4 is 11.8 Å². The zero-order chi connectivity index (χ0) is 9.68. The quantitative estimate of drug-likeness (QED) is 0.547. The second-order valence-corrected chi connectivity index (χ2v) is 4.03. The molecule has 1 aromatic heterocycles. The van der Waals surface area contributed by atoms with Gasteiger partial charge >= 0.3 is 0 Å². The molecule has 0 atom stereocenters. The maximum absolute atomic E-state index is 8.38. The first-order chi connectivity index (χ1) is 6.25. The molecule has 0 aliphatic heterocycles. The average Bonchev–Trinajstić information content (AvgIpc) is 2.53. The largest absolute Gasteiger partial charge is 0.324 e. The van der Waals surface area contributed by atoms with Gasteiger partial charge in [0.05, 0.1) is 6.07 Å². The molecule has 0 saturated carbocycles.